The van der Waals surface area contributed by atoms with Crippen molar-refractivity contribution < 1.29 is 19.1 Å². The van der Waals surface area contributed by atoms with Gasteiger partial charge in [0.25, 0.3) is 0 Å². The van der Waals surface area contributed by atoms with Crippen LogP contribution in [0.1, 0.15) is 11.1 Å². The number of halogens is 3. The molecule has 0 fully saturated rings. The zero-order chi connectivity index (χ0) is 20.0. The zero-order valence-corrected chi connectivity index (χ0v) is 16.6. The van der Waals surface area contributed by atoms with Crippen LogP contribution in [0.5, 0.6) is 0 Å². The van der Waals surface area contributed by atoms with Crippen LogP contribution in [0.15, 0.2) is 41.9 Å². The van der Waals surface area contributed by atoms with Crippen LogP contribution in [0.3, 0.4) is 0 Å². The van der Waals surface area contributed by atoms with E-state index in [0.29, 0.717) is 38.1 Å². The number of ether oxygens (including phenoxy) is 2. The lowest BCUT2D eigenvalue weighted by Gasteiger charge is -2.13. The van der Waals surface area contributed by atoms with Crippen molar-refractivity contribution in [3.63, 3.8) is 0 Å². The Balaban J connectivity index is 2.43. The van der Waals surface area contributed by atoms with Gasteiger partial charge in [-0.1, -0.05) is 46.9 Å². The van der Waals surface area contributed by atoms with Gasteiger partial charge in [-0.2, -0.15) is 0 Å². The van der Waals surface area contributed by atoms with Crippen molar-refractivity contribution in [2.24, 2.45) is 0 Å². The first kappa shape index (κ1) is 20.9. The van der Waals surface area contributed by atoms with Crippen LogP contribution >= 0.6 is 34.8 Å². The normalized spacial score (nSPS) is 9.96. The highest BCUT2D eigenvalue weighted by Crippen LogP contribution is 2.33. The van der Waals surface area contributed by atoms with Crippen molar-refractivity contribution in [3.8, 4) is 0 Å². The van der Waals surface area contributed by atoms with Gasteiger partial charge in [0, 0.05) is 11.1 Å². The molecule has 0 atom stereocenters. The summed E-state index contributed by atoms with van der Waals surface area (Å²) < 4.78 is 9.16. The van der Waals surface area contributed by atoms with Gasteiger partial charge in [0.05, 0.1) is 35.6 Å². The number of rotatable bonds is 4. The smallest absolute Gasteiger partial charge is 0.411 e. The molecule has 9 heteroatoms. The maximum Gasteiger partial charge on any atom is 0.411 e. The molecule has 0 aliphatic rings. The summed E-state index contributed by atoms with van der Waals surface area (Å²) in [5, 5.41) is 5.72. The molecular weight excluding hydrogens is 415 g/mol. The van der Waals surface area contributed by atoms with E-state index in [1.54, 1.807) is 36.4 Å². The van der Waals surface area contributed by atoms with Crippen LogP contribution in [0.4, 0.5) is 21.0 Å². The van der Waals surface area contributed by atoms with E-state index in [1.165, 1.54) is 19.8 Å². The average Bonchev–Trinajstić information content (AvgIpc) is 2.66. The number of methoxy groups -OCH3 is 2. The van der Waals surface area contributed by atoms with Crippen LogP contribution in [0.2, 0.25) is 10.0 Å². The van der Waals surface area contributed by atoms with E-state index < -0.39 is 12.2 Å². The minimum atomic E-state index is -0.651. The molecule has 0 aliphatic carbocycles. The summed E-state index contributed by atoms with van der Waals surface area (Å²) in [7, 11) is 2.50. The van der Waals surface area contributed by atoms with E-state index in [0.717, 1.165) is 0 Å². The molecule has 0 heterocycles. The van der Waals surface area contributed by atoms with Crippen molar-refractivity contribution in [2.75, 3.05) is 24.9 Å². The summed E-state index contributed by atoms with van der Waals surface area (Å²) in [5.74, 6) is 0. The number of carbonyl (C=O) groups excluding carboxylic acids is 2. The Morgan fingerprint density at radius 2 is 1.26 bits per heavy atom. The predicted molar refractivity (Wildman–Crippen MR) is 108 cm³/mol. The van der Waals surface area contributed by atoms with Gasteiger partial charge in [-0.3, -0.25) is 10.6 Å². The number of amides is 2. The lowest BCUT2D eigenvalue weighted by atomic mass is 9.98. The standard InChI is InChI=1S/C18H15Cl3N2O4/c1-26-17(24)22-15-7-10(3-5-13(15)20)12(9-19)11-4-6-14(21)16(8-11)23-18(25)27-2/h3-9H,1-2H3,(H,22,24)(H,23,25). The molecular formula is C18H15Cl3N2O4. The molecule has 27 heavy (non-hydrogen) atoms. The fraction of sp³-hybridized carbons (Fsp3) is 0.111. The molecule has 0 aromatic heterocycles. The maximum atomic E-state index is 11.5. The van der Waals surface area contributed by atoms with Gasteiger partial charge in [0.15, 0.2) is 0 Å². The van der Waals surface area contributed by atoms with E-state index >= 15 is 0 Å². The van der Waals surface area contributed by atoms with Gasteiger partial charge in [-0.25, -0.2) is 9.59 Å². The van der Waals surface area contributed by atoms with Crippen molar-refractivity contribution >= 4 is 63.9 Å². The molecule has 2 amide bonds. The fourth-order valence-corrected chi connectivity index (χ4v) is 2.77. The number of benzene rings is 2. The molecule has 0 spiro atoms. The highest BCUT2D eigenvalue weighted by molar-refractivity contribution is 6.34. The third-order valence-electron chi connectivity index (χ3n) is 3.51. The quantitative estimate of drug-likeness (QED) is 0.627. The third kappa shape index (κ3) is 5.29. The molecule has 0 unspecified atom stereocenters. The summed E-state index contributed by atoms with van der Waals surface area (Å²) in [6, 6.07) is 10.0. The maximum absolute atomic E-state index is 11.5. The molecule has 142 valence electrons. The highest BCUT2D eigenvalue weighted by atomic mass is 35.5. The first-order chi connectivity index (χ1) is 12.9. The van der Waals surface area contributed by atoms with Gasteiger partial charge in [0.2, 0.25) is 0 Å². The number of anilines is 2. The Bertz CT molecular complexity index is 831. The molecule has 6 nitrogen and oxygen atoms in total. The molecule has 2 aromatic rings. The SMILES string of the molecule is COC(=O)Nc1cc(C(=CCl)c2ccc(Cl)c(NC(=O)OC)c2)ccc1Cl. The monoisotopic (exact) mass is 428 g/mol. The van der Waals surface area contributed by atoms with Crippen LogP contribution in [-0.2, 0) is 9.47 Å². The van der Waals surface area contributed by atoms with E-state index in [4.69, 9.17) is 34.8 Å². The number of carbonyl (C=O) groups is 2. The second-order valence-electron chi connectivity index (χ2n) is 5.15. The van der Waals surface area contributed by atoms with Crippen molar-refractivity contribution in [1.82, 2.24) is 0 Å². The predicted octanol–water partition coefficient (Wildman–Crippen LogP) is 5.98. The second kappa shape index (κ2) is 9.50. The van der Waals surface area contributed by atoms with Gasteiger partial charge in [0.1, 0.15) is 0 Å². The van der Waals surface area contributed by atoms with Crippen molar-refractivity contribution in [3.05, 3.63) is 63.1 Å². The summed E-state index contributed by atoms with van der Waals surface area (Å²) in [6.07, 6.45) is -1.30. The Hall–Kier alpha value is -2.41. The highest BCUT2D eigenvalue weighted by Gasteiger charge is 2.13. The second-order valence-corrected chi connectivity index (χ2v) is 6.18. The first-order valence-electron chi connectivity index (χ1n) is 7.49. The fourth-order valence-electron chi connectivity index (χ4n) is 2.19. The summed E-state index contributed by atoms with van der Waals surface area (Å²) >= 11 is 18.3. The third-order valence-corrected chi connectivity index (χ3v) is 4.39. The topological polar surface area (TPSA) is 76.7 Å². The number of hydrogen-bond donors (Lipinski definition) is 2. The molecule has 0 bridgehead atoms. The summed E-state index contributed by atoms with van der Waals surface area (Å²) in [5.41, 5.74) is 4.05. The number of nitrogens with one attached hydrogen (secondary N) is 2. The largest absolute Gasteiger partial charge is 0.453 e. The average molecular weight is 430 g/mol. The minimum absolute atomic E-state index is 0.335. The summed E-state index contributed by atoms with van der Waals surface area (Å²) in [4.78, 5) is 22.9. The van der Waals surface area contributed by atoms with E-state index in [1.807, 2.05) is 0 Å². The molecule has 2 N–H and O–H groups in total. The van der Waals surface area contributed by atoms with Crippen LogP contribution in [0.25, 0.3) is 5.57 Å². The Kier molecular flexibility index (Phi) is 7.36. The molecule has 0 saturated heterocycles. The van der Waals surface area contributed by atoms with E-state index in [9.17, 15) is 9.59 Å². The Morgan fingerprint density at radius 3 is 1.59 bits per heavy atom. The van der Waals surface area contributed by atoms with Gasteiger partial charge in [-0.15, -0.1) is 0 Å². The van der Waals surface area contributed by atoms with Gasteiger partial charge < -0.3 is 9.47 Å². The van der Waals surface area contributed by atoms with Crippen molar-refractivity contribution in [1.29, 1.82) is 0 Å². The molecule has 2 aromatic carbocycles. The Morgan fingerprint density at radius 1 is 0.852 bits per heavy atom. The first-order valence-corrected chi connectivity index (χ1v) is 8.69. The van der Waals surface area contributed by atoms with Crippen molar-refractivity contribution in [2.45, 2.75) is 0 Å². The van der Waals surface area contributed by atoms with Gasteiger partial charge >= 0.3 is 12.2 Å². The molecule has 0 aliphatic heterocycles. The summed E-state index contributed by atoms with van der Waals surface area (Å²) in [6.45, 7) is 0. The Labute approximate surface area is 171 Å². The zero-order valence-electron chi connectivity index (χ0n) is 14.3. The minimum Gasteiger partial charge on any atom is -0.453 e. The lowest BCUT2D eigenvalue weighted by molar-refractivity contribution is 0.186. The van der Waals surface area contributed by atoms with E-state index in [2.05, 4.69) is 20.1 Å². The van der Waals surface area contributed by atoms with Crippen LogP contribution in [-0.4, -0.2) is 26.4 Å². The number of hydrogen-bond acceptors (Lipinski definition) is 4. The van der Waals surface area contributed by atoms with E-state index in [-0.39, 0.29) is 0 Å². The lowest BCUT2D eigenvalue weighted by Crippen LogP contribution is -2.12. The molecule has 0 radical (unpaired) electrons. The van der Waals surface area contributed by atoms with Crippen LogP contribution < -0.4 is 10.6 Å². The van der Waals surface area contributed by atoms with Crippen LogP contribution in [0, 0.1) is 0 Å². The van der Waals surface area contributed by atoms with Gasteiger partial charge in [-0.05, 0) is 35.4 Å². The molecule has 0 saturated carbocycles. The molecule has 2 rings (SSSR count).